The molecule has 6 nitrogen and oxygen atoms in total. The van der Waals surface area contributed by atoms with E-state index >= 15 is 0 Å². The summed E-state index contributed by atoms with van der Waals surface area (Å²) in [4.78, 5) is 23.6. The molecule has 3 N–H and O–H groups in total. The number of unbranched alkanes of at least 4 members (excludes halogenated alkanes) is 1. The van der Waals surface area contributed by atoms with Crippen molar-refractivity contribution in [3.05, 3.63) is 54.1 Å². The first-order valence-electron chi connectivity index (χ1n) is 8.71. The molecule has 2 rings (SSSR count). The molecule has 2 aromatic carbocycles. The topological polar surface area (TPSA) is 79.5 Å². The van der Waals surface area contributed by atoms with Gasteiger partial charge in [0.2, 0.25) is 5.91 Å². The predicted molar refractivity (Wildman–Crippen MR) is 104 cm³/mol. The second-order valence-electron chi connectivity index (χ2n) is 5.79. The molecule has 138 valence electrons. The van der Waals surface area contributed by atoms with E-state index in [2.05, 4.69) is 22.9 Å². The highest BCUT2D eigenvalue weighted by atomic mass is 16.5. The van der Waals surface area contributed by atoms with Crippen LogP contribution in [0.15, 0.2) is 48.5 Å². The van der Waals surface area contributed by atoms with Gasteiger partial charge >= 0.3 is 0 Å². The first-order chi connectivity index (χ1) is 12.6. The summed E-state index contributed by atoms with van der Waals surface area (Å²) < 4.78 is 5.66. The van der Waals surface area contributed by atoms with Gasteiger partial charge in [-0.05, 0) is 42.8 Å². The Hall–Kier alpha value is -3.02. The fourth-order valence-electron chi connectivity index (χ4n) is 2.27. The summed E-state index contributed by atoms with van der Waals surface area (Å²) in [6.45, 7) is 2.94. The Kier molecular flexibility index (Phi) is 7.49. The van der Waals surface area contributed by atoms with Crippen LogP contribution in [0.25, 0.3) is 0 Å². The Balaban J connectivity index is 1.83. The third kappa shape index (κ3) is 6.12. The number of hydrogen-bond acceptors (Lipinski definition) is 4. The van der Waals surface area contributed by atoms with E-state index in [1.807, 2.05) is 24.3 Å². The van der Waals surface area contributed by atoms with E-state index in [0.29, 0.717) is 17.9 Å². The maximum absolute atomic E-state index is 12.1. The van der Waals surface area contributed by atoms with Gasteiger partial charge in [0.05, 0.1) is 13.2 Å². The van der Waals surface area contributed by atoms with Gasteiger partial charge in [0.1, 0.15) is 5.75 Å². The van der Waals surface area contributed by atoms with Crippen LogP contribution >= 0.6 is 0 Å². The van der Waals surface area contributed by atoms with Crippen LogP contribution in [0.4, 0.5) is 11.4 Å². The number of carbonyl (C=O) groups excluding carboxylic acids is 2. The minimum absolute atomic E-state index is 0.135. The lowest BCUT2D eigenvalue weighted by Gasteiger charge is -2.10. The smallest absolute Gasteiger partial charge is 0.251 e. The zero-order valence-corrected chi connectivity index (χ0v) is 15.2. The standard InChI is InChI=1S/C20H25N3O3/c1-3-4-12-26-18-7-5-6-17(13-18)22-14-19(24)23-16-10-8-15(9-11-16)20(25)21-2/h5-11,13,22H,3-4,12,14H2,1-2H3,(H,21,25)(H,23,24). The molecule has 0 aromatic heterocycles. The van der Waals surface area contributed by atoms with Crippen LogP contribution in [0.5, 0.6) is 5.75 Å². The van der Waals surface area contributed by atoms with E-state index < -0.39 is 0 Å². The molecule has 26 heavy (non-hydrogen) atoms. The zero-order valence-electron chi connectivity index (χ0n) is 15.2. The molecule has 0 fully saturated rings. The van der Waals surface area contributed by atoms with Gasteiger partial charge in [-0.25, -0.2) is 0 Å². The first kappa shape index (κ1) is 19.3. The average molecular weight is 355 g/mol. The van der Waals surface area contributed by atoms with E-state index in [-0.39, 0.29) is 18.4 Å². The van der Waals surface area contributed by atoms with E-state index in [1.54, 1.807) is 31.3 Å². The Labute approximate surface area is 153 Å². The lowest BCUT2D eigenvalue weighted by molar-refractivity contribution is -0.114. The number of nitrogens with one attached hydrogen (secondary N) is 3. The van der Waals surface area contributed by atoms with Crippen molar-refractivity contribution >= 4 is 23.2 Å². The van der Waals surface area contributed by atoms with E-state index in [4.69, 9.17) is 4.74 Å². The van der Waals surface area contributed by atoms with Crippen molar-refractivity contribution in [2.24, 2.45) is 0 Å². The van der Waals surface area contributed by atoms with Crippen LogP contribution in [0, 0.1) is 0 Å². The molecule has 0 aliphatic rings. The molecule has 0 atom stereocenters. The van der Waals surface area contributed by atoms with E-state index in [1.165, 1.54) is 0 Å². The number of ether oxygens (including phenoxy) is 1. The molecule has 0 bridgehead atoms. The Morgan fingerprint density at radius 3 is 2.50 bits per heavy atom. The number of carbonyl (C=O) groups is 2. The zero-order chi connectivity index (χ0) is 18.8. The second kappa shape index (κ2) is 10.1. The maximum atomic E-state index is 12.1. The molecule has 0 unspecified atom stereocenters. The average Bonchev–Trinajstić information content (AvgIpc) is 2.67. The van der Waals surface area contributed by atoms with Crippen molar-refractivity contribution in [3.8, 4) is 5.75 Å². The fourth-order valence-corrected chi connectivity index (χ4v) is 2.27. The minimum atomic E-state index is -0.171. The third-order valence-corrected chi connectivity index (χ3v) is 3.71. The number of rotatable bonds is 9. The predicted octanol–water partition coefficient (Wildman–Crippen LogP) is 3.28. The highest BCUT2D eigenvalue weighted by Gasteiger charge is 2.05. The number of amides is 2. The lowest BCUT2D eigenvalue weighted by Crippen LogP contribution is -2.22. The van der Waals surface area contributed by atoms with Crippen LogP contribution < -0.4 is 20.7 Å². The summed E-state index contributed by atoms with van der Waals surface area (Å²) in [5, 5.41) is 8.42. The fraction of sp³-hybridized carbons (Fsp3) is 0.300. The van der Waals surface area contributed by atoms with Crippen LogP contribution in [0.3, 0.4) is 0 Å². The van der Waals surface area contributed by atoms with Crippen molar-refractivity contribution < 1.29 is 14.3 Å². The monoisotopic (exact) mass is 355 g/mol. The van der Waals surface area contributed by atoms with Gasteiger partial charge in [-0.3, -0.25) is 9.59 Å². The molecular formula is C20H25N3O3. The van der Waals surface area contributed by atoms with Crippen LogP contribution in [-0.2, 0) is 4.79 Å². The molecule has 0 aliphatic carbocycles. The Morgan fingerprint density at radius 2 is 1.81 bits per heavy atom. The molecular weight excluding hydrogens is 330 g/mol. The molecule has 0 radical (unpaired) electrons. The quantitative estimate of drug-likeness (QED) is 0.603. The van der Waals surface area contributed by atoms with Crippen LogP contribution in [-0.4, -0.2) is 32.0 Å². The first-order valence-corrected chi connectivity index (χ1v) is 8.71. The summed E-state index contributed by atoms with van der Waals surface area (Å²) >= 11 is 0. The van der Waals surface area contributed by atoms with Crippen molar-refractivity contribution in [3.63, 3.8) is 0 Å². The van der Waals surface area contributed by atoms with Gasteiger partial charge in [-0.15, -0.1) is 0 Å². The van der Waals surface area contributed by atoms with Gasteiger partial charge in [0, 0.05) is 30.1 Å². The van der Waals surface area contributed by atoms with Gasteiger partial charge < -0.3 is 20.7 Å². The van der Waals surface area contributed by atoms with E-state index in [9.17, 15) is 9.59 Å². The lowest BCUT2D eigenvalue weighted by atomic mass is 10.2. The van der Waals surface area contributed by atoms with Crippen molar-refractivity contribution in [1.82, 2.24) is 5.32 Å². The largest absolute Gasteiger partial charge is 0.494 e. The summed E-state index contributed by atoms with van der Waals surface area (Å²) in [6.07, 6.45) is 2.10. The molecule has 0 spiro atoms. The number of anilines is 2. The molecule has 2 amide bonds. The summed E-state index contributed by atoms with van der Waals surface area (Å²) in [7, 11) is 1.58. The molecule has 0 saturated carbocycles. The van der Waals surface area contributed by atoms with Crippen molar-refractivity contribution in [1.29, 1.82) is 0 Å². The minimum Gasteiger partial charge on any atom is -0.494 e. The normalized spacial score (nSPS) is 10.1. The van der Waals surface area contributed by atoms with Crippen LogP contribution in [0.2, 0.25) is 0 Å². The SMILES string of the molecule is CCCCOc1cccc(NCC(=O)Nc2ccc(C(=O)NC)cc2)c1. The highest BCUT2D eigenvalue weighted by Crippen LogP contribution is 2.17. The summed E-state index contributed by atoms with van der Waals surface area (Å²) in [6, 6.07) is 14.3. The molecule has 0 saturated heterocycles. The summed E-state index contributed by atoms with van der Waals surface area (Å²) in [5.41, 5.74) is 2.01. The van der Waals surface area contributed by atoms with Gasteiger partial charge in [-0.2, -0.15) is 0 Å². The number of hydrogen-bond donors (Lipinski definition) is 3. The molecule has 2 aromatic rings. The van der Waals surface area contributed by atoms with Gasteiger partial charge in [0.25, 0.3) is 5.91 Å². The Morgan fingerprint density at radius 1 is 1.04 bits per heavy atom. The van der Waals surface area contributed by atoms with E-state index in [0.717, 1.165) is 24.3 Å². The molecule has 6 heteroatoms. The second-order valence-corrected chi connectivity index (χ2v) is 5.79. The maximum Gasteiger partial charge on any atom is 0.251 e. The van der Waals surface area contributed by atoms with Crippen LogP contribution in [0.1, 0.15) is 30.1 Å². The Bertz CT molecular complexity index is 729. The molecule has 0 heterocycles. The van der Waals surface area contributed by atoms with Crippen molar-refractivity contribution in [2.45, 2.75) is 19.8 Å². The number of benzene rings is 2. The summed E-state index contributed by atoms with van der Waals surface area (Å²) in [5.74, 6) is 0.453. The van der Waals surface area contributed by atoms with Crippen molar-refractivity contribution in [2.75, 3.05) is 30.8 Å². The highest BCUT2D eigenvalue weighted by molar-refractivity contribution is 5.96. The molecule has 0 aliphatic heterocycles. The third-order valence-electron chi connectivity index (χ3n) is 3.71. The van der Waals surface area contributed by atoms with Gasteiger partial charge in [0.15, 0.2) is 0 Å². The van der Waals surface area contributed by atoms with Gasteiger partial charge in [-0.1, -0.05) is 19.4 Å².